The van der Waals surface area contributed by atoms with E-state index < -0.39 is 0 Å². The molecule has 1 fully saturated rings. The van der Waals surface area contributed by atoms with Gasteiger partial charge in [-0.05, 0) is 56.9 Å². The summed E-state index contributed by atoms with van der Waals surface area (Å²) in [5.41, 5.74) is 3.12. The molecule has 8 heteroatoms. The SMILES string of the molecule is Cc1cc(Br)ccc1NC(=O)CCc1nc(N2CCCCC2)c2c(C)noc2n1. The Hall–Kier alpha value is -2.48. The fourth-order valence-corrected chi connectivity index (χ4v) is 4.14. The van der Waals surface area contributed by atoms with Crippen LogP contribution in [0.25, 0.3) is 11.1 Å². The number of aromatic nitrogens is 3. The average Bonchev–Trinajstić information content (AvgIpc) is 3.09. The molecule has 0 unspecified atom stereocenters. The van der Waals surface area contributed by atoms with Gasteiger partial charge >= 0.3 is 0 Å². The van der Waals surface area contributed by atoms with Gasteiger partial charge in [-0.25, -0.2) is 4.98 Å². The van der Waals surface area contributed by atoms with Crippen molar-refractivity contribution in [2.75, 3.05) is 23.3 Å². The average molecular weight is 458 g/mol. The molecule has 1 aromatic carbocycles. The van der Waals surface area contributed by atoms with Crippen molar-refractivity contribution in [1.29, 1.82) is 0 Å². The Morgan fingerprint density at radius 3 is 2.76 bits per heavy atom. The maximum Gasteiger partial charge on any atom is 0.263 e. The van der Waals surface area contributed by atoms with Crippen LogP contribution in [0.5, 0.6) is 0 Å². The number of hydrogen-bond acceptors (Lipinski definition) is 6. The standard InChI is InChI=1S/C21H24BrN5O2/c1-13-12-15(22)6-7-16(13)23-18(28)9-8-17-24-20(27-10-4-3-5-11-27)19-14(2)26-29-21(19)25-17/h6-7,12H,3-5,8-11H2,1-2H3,(H,23,28). The van der Waals surface area contributed by atoms with Gasteiger partial charge in [-0.1, -0.05) is 21.1 Å². The topological polar surface area (TPSA) is 84.2 Å². The Morgan fingerprint density at radius 2 is 2.00 bits per heavy atom. The van der Waals surface area contributed by atoms with Crippen molar-refractivity contribution in [2.45, 2.75) is 46.0 Å². The third-order valence-electron chi connectivity index (χ3n) is 5.23. The van der Waals surface area contributed by atoms with Gasteiger partial charge < -0.3 is 14.7 Å². The number of anilines is 2. The summed E-state index contributed by atoms with van der Waals surface area (Å²) in [4.78, 5) is 24.0. The number of benzene rings is 1. The van der Waals surface area contributed by atoms with Crippen LogP contribution in [0.3, 0.4) is 0 Å². The van der Waals surface area contributed by atoms with E-state index >= 15 is 0 Å². The van der Waals surface area contributed by atoms with Crippen LogP contribution in [0.1, 0.15) is 42.8 Å². The lowest BCUT2D eigenvalue weighted by molar-refractivity contribution is -0.116. The number of piperidine rings is 1. The first-order valence-electron chi connectivity index (χ1n) is 9.95. The van der Waals surface area contributed by atoms with Crippen molar-refractivity contribution in [2.24, 2.45) is 0 Å². The molecule has 29 heavy (non-hydrogen) atoms. The van der Waals surface area contributed by atoms with Crippen molar-refractivity contribution in [1.82, 2.24) is 15.1 Å². The van der Waals surface area contributed by atoms with E-state index in [4.69, 9.17) is 9.51 Å². The second-order valence-electron chi connectivity index (χ2n) is 7.47. The summed E-state index contributed by atoms with van der Waals surface area (Å²) in [5.74, 6) is 1.43. The first-order chi connectivity index (χ1) is 14.0. The summed E-state index contributed by atoms with van der Waals surface area (Å²) in [6.45, 7) is 5.82. The quantitative estimate of drug-likeness (QED) is 0.604. The lowest BCUT2D eigenvalue weighted by Crippen LogP contribution is -2.30. The molecule has 3 heterocycles. The van der Waals surface area contributed by atoms with Crippen molar-refractivity contribution < 1.29 is 9.32 Å². The highest BCUT2D eigenvalue weighted by atomic mass is 79.9. The van der Waals surface area contributed by atoms with Gasteiger partial charge in [0.25, 0.3) is 5.71 Å². The van der Waals surface area contributed by atoms with E-state index in [1.165, 1.54) is 6.42 Å². The summed E-state index contributed by atoms with van der Waals surface area (Å²) in [7, 11) is 0. The van der Waals surface area contributed by atoms with Gasteiger partial charge in [0.15, 0.2) is 0 Å². The predicted octanol–water partition coefficient (Wildman–Crippen LogP) is 4.56. The zero-order valence-electron chi connectivity index (χ0n) is 16.7. The van der Waals surface area contributed by atoms with Crippen molar-refractivity contribution >= 4 is 44.4 Å². The van der Waals surface area contributed by atoms with Crippen LogP contribution in [0.2, 0.25) is 0 Å². The molecule has 1 aliphatic rings. The maximum absolute atomic E-state index is 12.5. The minimum atomic E-state index is -0.0626. The van der Waals surface area contributed by atoms with Gasteiger partial charge in [-0.3, -0.25) is 4.79 Å². The second kappa shape index (κ2) is 8.49. The van der Waals surface area contributed by atoms with Crippen LogP contribution in [-0.4, -0.2) is 34.1 Å². The molecule has 0 atom stereocenters. The minimum Gasteiger partial charge on any atom is -0.356 e. The summed E-state index contributed by atoms with van der Waals surface area (Å²) in [6.07, 6.45) is 4.29. The largest absolute Gasteiger partial charge is 0.356 e. The van der Waals surface area contributed by atoms with E-state index in [-0.39, 0.29) is 5.91 Å². The number of carbonyl (C=O) groups excluding carboxylic acids is 1. The Labute approximate surface area is 178 Å². The van der Waals surface area contributed by atoms with E-state index in [2.05, 4.69) is 36.3 Å². The van der Waals surface area contributed by atoms with E-state index in [0.717, 1.165) is 58.6 Å². The van der Waals surface area contributed by atoms with Crippen LogP contribution in [0.15, 0.2) is 27.2 Å². The molecule has 0 aliphatic carbocycles. The highest BCUT2D eigenvalue weighted by molar-refractivity contribution is 9.10. The number of rotatable bonds is 5. The predicted molar refractivity (Wildman–Crippen MR) is 116 cm³/mol. The third kappa shape index (κ3) is 4.42. The molecule has 1 amide bonds. The number of fused-ring (bicyclic) bond motifs is 1. The monoisotopic (exact) mass is 457 g/mol. The van der Waals surface area contributed by atoms with Crippen LogP contribution < -0.4 is 10.2 Å². The maximum atomic E-state index is 12.5. The van der Waals surface area contributed by atoms with Gasteiger partial charge in [-0.15, -0.1) is 0 Å². The van der Waals surface area contributed by atoms with E-state index in [9.17, 15) is 4.79 Å². The number of amides is 1. The molecule has 7 nitrogen and oxygen atoms in total. The van der Waals surface area contributed by atoms with Gasteiger partial charge in [0.1, 0.15) is 17.0 Å². The van der Waals surface area contributed by atoms with Gasteiger partial charge in [0.05, 0.1) is 5.69 Å². The van der Waals surface area contributed by atoms with Crippen molar-refractivity contribution in [3.8, 4) is 0 Å². The Balaban J connectivity index is 1.51. The molecule has 2 aromatic heterocycles. The van der Waals surface area contributed by atoms with Gasteiger partial charge in [0.2, 0.25) is 5.91 Å². The van der Waals surface area contributed by atoms with Crippen LogP contribution in [-0.2, 0) is 11.2 Å². The smallest absolute Gasteiger partial charge is 0.263 e. The van der Waals surface area contributed by atoms with Gasteiger partial charge in [0, 0.05) is 36.1 Å². The highest BCUT2D eigenvalue weighted by Gasteiger charge is 2.21. The summed E-state index contributed by atoms with van der Waals surface area (Å²) in [5, 5.41) is 7.92. The number of nitrogens with one attached hydrogen (secondary N) is 1. The van der Waals surface area contributed by atoms with Crippen LogP contribution in [0, 0.1) is 13.8 Å². The van der Waals surface area contributed by atoms with E-state index in [1.807, 2.05) is 32.0 Å². The normalized spacial score (nSPS) is 14.4. The molecule has 152 valence electrons. The second-order valence-corrected chi connectivity index (χ2v) is 8.38. The molecule has 0 saturated carbocycles. The molecule has 1 aliphatic heterocycles. The molecular formula is C21H24BrN5O2. The van der Waals surface area contributed by atoms with Crippen molar-refractivity contribution in [3.63, 3.8) is 0 Å². The summed E-state index contributed by atoms with van der Waals surface area (Å²) in [6, 6.07) is 5.78. The fourth-order valence-electron chi connectivity index (χ4n) is 3.66. The minimum absolute atomic E-state index is 0.0626. The molecule has 4 rings (SSSR count). The molecular weight excluding hydrogens is 434 g/mol. The Kier molecular flexibility index (Phi) is 5.80. The first kappa shape index (κ1) is 19.8. The molecule has 0 bridgehead atoms. The fraction of sp³-hybridized carbons (Fsp3) is 0.429. The number of carbonyl (C=O) groups is 1. The zero-order chi connectivity index (χ0) is 20.4. The van der Waals surface area contributed by atoms with Crippen LogP contribution in [0.4, 0.5) is 11.5 Å². The molecule has 0 spiro atoms. The van der Waals surface area contributed by atoms with Crippen molar-refractivity contribution in [3.05, 3.63) is 39.8 Å². The lowest BCUT2D eigenvalue weighted by Gasteiger charge is -2.28. The first-order valence-corrected chi connectivity index (χ1v) is 10.7. The van der Waals surface area contributed by atoms with Crippen LogP contribution >= 0.6 is 15.9 Å². The number of hydrogen-bond donors (Lipinski definition) is 1. The van der Waals surface area contributed by atoms with Gasteiger partial charge in [-0.2, -0.15) is 4.98 Å². The highest BCUT2D eigenvalue weighted by Crippen LogP contribution is 2.29. The number of halogens is 1. The molecule has 3 aromatic rings. The zero-order valence-corrected chi connectivity index (χ0v) is 18.3. The lowest BCUT2D eigenvalue weighted by atomic mass is 10.1. The third-order valence-corrected chi connectivity index (χ3v) is 5.72. The Morgan fingerprint density at radius 1 is 1.21 bits per heavy atom. The van der Waals surface area contributed by atoms with E-state index in [0.29, 0.717) is 24.4 Å². The summed E-state index contributed by atoms with van der Waals surface area (Å²) < 4.78 is 6.41. The molecule has 1 N–H and O–H groups in total. The van der Waals surface area contributed by atoms with E-state index in [1.54, 1.807) is 0 Å². The number of aryl methyl sites for hydroxylation is 3. The summed E-state index contributed by atoms with van der Waals surface area (Å²) >= 11 is 3.44. The number of nitrogens with zero attached hydrogens (tertiary/aromatic N) is 4. The molecule has 0 radical (unpaired) electrons. The molecule has 1 saturated heterocycles. The Bertz CT molecular complexity index is 1040.